The topological polar surface area (TPSA) is 67.6 Å². The van der Waals surface area contributed by atoms with E-state index in [1.807, 2.05) is 30.9 Å². The Bertz CT molecular complexity index is 1190. The van der Waals surface area contributed by atoms with Crippen molar-refractivity contribution in [2.24, 2.45) is 0 Å². The number of aromatic nitrogens is 1. The fourth-order valence-electron chi connectivity index (χ4n) is 4.32. The van der Waals surface area contributed by atoms with Crippen LogP contribution in [0.25, 0.3) is 0 Å². The molecule has 2 aromatic carbocycles. The van der Waals surface area contributed by atoms with Crippen LogP contribution in [0.1, 0.15) is 57.0 Å². The highest BCUT2D eigenvalue weighted by Gasteiger charge is 2.30. The van der Waals surface area contributed by atoms with Crippen LogP contribution in [-0.2, 0) is 30.5 Å². The number of ether oxygens (including phenoxy) is 1. The normalized spacial score (nSPS) is 16.0. The third-order valence-electron chi connectivity index (χ3n) is 6.21. The number of alkyl halides is 3. The van der Waals surface area contributed by atoms with Gasteiger partial charge in [-0.15, -0.1) is 0 Å². The average molecular weight is 502 g/mol. The molecule has 6 nitrogen and oxygen atoms in total. The monoisotopic (exact) mass is 501 g/mol. The van der Waals surface area contributed by atoms with Gasteiger partial charge in [-0.05, 0) is 49.4 Å². The number of carbonyl (C=O) groups is 1. The lowest BCUT2D eigenvalue weighted by molar-refractivity contribution is -0.137. The van der Waals surface area contributed by atoms with Crippen LogP contribution in [0, 0.1) is 13.8 Å². The lowest BCUT2D eigenvalue weighted by Gasteiger charge is -2.23. The first kappa shape index (κ1) is 25.9. The van der Waals surface area contributed by atoms with Crippen LogP contribution in [0.2, 0.25) is 0 Å². The summed E-state index contributed by atoms with van der Waals surface area (Å²) in [4.78, 5) is 18.8. The molecular formula is C27H30F3N3O3. The second-order valence-electron chi connectivity index (χ2n) is 9.24. The van der Waals surface area contributed by atoms with Crippen molar-refractivity contribution in [1.82, 2.24) is 15.2 Å². The number of nitrogens with one attached hydrogen (secondary N) is 1. The quantitative estimate of drug-likeness (QED) is 0.424. The number of carbonyl (C=O) groups excluding carboxylic acids is 1. The maximum absolute atomic E-state index is 13.2. The van der Waals surface area contributed by atoms with Crippen LogP contribution in [0.4, 0.5) is 13.2 Å². The van der Waals surface area contributed by atoms with Gasteiger partial charge >= 0.3 is 6.18 Å². The summed E-state index contributed by atoms with van der Waals surface area (Å²) in [6.45, 7) is 6.09. The third kappa shape index (κ3) is 6.95. The Balaban J connectivity index is 1.49. The molecule has 1 amide bonds. The lowest BCUT2D eigenvalue weighted by atomic mass is 10.0. The highest BCUT2D eigenvalue weighted by atomic mass is 19.4. The van der Waals surface area contributed by atoms with Gasteiger partial charge < -0.3 is 14.5 Å². The number of benzene rings is 2. The molecule has 0 bridgehead atoms. The van der Waals surface area contributed by atoms with E-state index >= 15 is 0 Å². The molecule has 2 heterocycles. The van der Waals surface area contributed by atoms with Crippen LogP contribution in [0.5, 0.6) is 0 Å². The Hall–Kier alpha value is -3.17. The zero-order valence-corrected chi connectivity index (χ0v) is 20.4. The molecule has 0 spiro atoms. The molecule has 1 atom stereocenters. The highest BCUT2D eigenvalue weighted by Crippen LogP contribution is 2.30. The Labute approximate surface area is 208 Å². The smallest absolute Gasteiger partial charge is 0.416 e. The fraction of sp³-hybridized carbons (Fsp3) is 0.407. The minimum absolute atomic E-state index is 0.0148. The first-order valence-electron chi connectivity index (χ1n) is 12.0. The maximum Gasteiger partial charge on any atom is 0.416 e. The van der Waals surface area contributed by atoms with Gasteiger partial charge in [-0.2, -0.15) is 13.2 Å². The molecule has 9 heteroatoms. The van der Waals surface area contributed by atoms with E-state index in [4.69, 9.17) is 9.15 Å². The SMILES string of the molecule is Cc1ccc(CN(Cc2cccc(C(F)(F)F)c2)Cc2nc(C(=O)NCC3CCCO3)co2)c(C)c1. The number of nitrogens with zero attached hydrogens (tertiary/aromatic N) is 2. The van der Waals surface area contributed by atoms with Gasteiger partial charge in [0, 0.05) is 26.2 Å². The number of halogens is 3. The summed E-state index contributed by atoms with van der Waals surface area (Å²) < 4.78 is 50.8. The van der Waals surface area contributed by atoms with Gasteiger partial charge in [0.15, 0.2) is 5.69 Å². The molecule has 192 valence electrons. The van der Waals surface area contributed by atoms with Crippen molar-refractivity contribution in [3.63, 3.8) is 0 Å². The average Bonchev–Trinajstić information content (AvgIpc) is 3.51. The summed E-state index contributed by atoms with van der Waals surface area (Å²) in [7, 11) is 0. The molecule has 0 aliphatic carbocycles. The summed E-state index contributed by atoms with van der Waals surface area (Å²) in [6.07, 6.45) is -1.20. The third-order valence-corrected chi connectivity index (χ3v) is 6.21. The summed E-state index contributed by atoms with van der Waals surface area (Å²) >= 11 is 0. The van der Waals surface area contributed by atoms with Gasteiger partial charge in [-0.25, -0.2) is 4.98 Å². The van der Waals surface area contributed by atoms with Crippen LogP contribution < -0.4 is 5.32 Å². The molecule has 1 saturated heterocycles. The van der Waals surface area contributed by atoms with Crippen molar-refractivity contribution in [2.45, 2.75) is 58.6 Å². The van der Waals surface area contributed by atoms with Crippen molar-refractivity contribution in [1.29, 1.82) is 0 Å². The van der Waals surface area contributed by atoms with Gasteiger partial charge in [0.25, 0.3) is 5.91 Å². The molecule has 36 heavy (non-hydrogen) atoms. The molecule has 1 aliphatic rings. The molecule has 1 unspecified atom stereocenters. The second kappa shape index (κ2) is 11.3. The van der Waals surface area contributed by atoms with Crippen LogP contribution in [0.3, 0.4) is 0 Å². The summed E-state index contributed by atoms with van der Waals surface area (Å²) in [5.74, 6) is -0.0340. The van der Waals surface area contributed by atoms with E-state index < -0.39 is 11.7 Å². The van der Waals surface area contributed by atoms with Crippen LogP contribution >= 0.6 is 0 Å². The van der Waals surface area contributed by atoms with Crippen molar-refractivity contribution in [3.8, 4) is 0 Å². The number of amides is 1. The second-order valence-corrected chi connectivity index (χ2v) is 9.24. The van der Waals surface area contributed by atoms with Crippen LogP contribution in [0.15, 0.2) is 53.1 Å². The van der Waals surface area contributed by atoms with Gasteiger partial charge in [-0.3, -0.25) is 9.69 Å². The van der Waals surface area contributed by atoms with Gasteiger partial charge in [0.1, 0.15) is 6.26 Å². The zero-order valence-electron chi connectivity index (χ0n) is 20.4. The highest BCUT2D eigenvalue weighted by molar-refractivity contribution is 5.91. The standard InChI is InChI=1S/C27H30F3N3O3/c1-18-8-9-21(19(2)11-18)15-33(14-20-5-3-6-22(12-20)27(28,29)30)16-25-32-24(17-36-25)26(34)31-13-23-7-4-10-35-23/h3,5-6,8-9,11-12,17,23H,4,7,10,13-16H2,1-2H3,(H,31,34). The van der Waals surface area contributed by atoms with E-state index in [1.54, 1.807) is 6.07 Å². The summed E-state index contributed by atoms with van der Waals surface area (Å²) in [5, 5.41) is 2.81. The van der Waals surface area contributed by atoms with Crippen molar-refractivity contribution in [3.05, 3.63) is 88.1 Å². The first-order chi connectivity index (χ1) is 17.2. The Morgan fingerprint density at radius 2 is 1.97 bits per heavy atom. The maximum atomic E-state index is 13.2. The van der Waals surface area contributed by atoms with Crippen molar-refractivity contribution < 1.29 is 27.1 Å². The van der Waals surface area contributed by atoms with Crippen molar-refractivity contribution >= 4 is 5.91 Å². The van der Waals surface area contributed by atoms with E-state index in [0.29, 0.717) is 31.2 Å². The van der Waals surface area contributed by atoms with E-state index in [1.165, 1.54) is 12.3 Å². The molecule has 1 N–H and O–H groups in total. The zero-order chi connectivity index (χ0) is 25.7. The molecule has 1 aromatic heterocycles. The lowest BCUT2D eigenvalue weighted by Crippen LogP contribution is -2.32. The minimum atomic E-state index is -4.41. The minimum Gasteiger partial charge on any atom is -0.447 e. The van der Waals surface area contributed by atoms with E-state index in [9.17, 15) is 18.0 Å². The fourth-order valence-corrected chi connectivity index (χ4v) is 4.32. The number of oxazole rings is 1. The number of hydrogen-bond acceptors (Lipinski definition) is 5. The van der Waals surface area contributed by atoms with E-state index in [-0.39, 0.29) is 30.8 Å². The number of hydrogen-bond donors (Lipinski definition) is 1. The molecule has 1 fully saturated rings. The Morgan fingerprint density at radius 1 is 1.14 bits per heavy atom. The molecule has 0 saturated carbocycles. The molecule has 0 radical (unpaired) electrons. The van der Waals surface area contributed by atoms with E-state index in [2.05, 4.69) is 16.4 Å². The number of rotatable bonds is 9. The van der Waals surface area contributed by atoms with Crippen LogP contribution in [-0.4, -0.2) is 35.0 Å². The largest absolute Gasteiger partial charge is 0.447 e. The first-order valence-corrected chi connectivity index (χ1v) is 12.0. The molecule has 4 rings (SSSR count). The van der Waals surface area contributed by atoms with Gasteiger partial charge in [0.05, 0.1) is 18.2 Å². The Morgan fingerprint density at radius 3 is 2.69 bits per heavy atom. The summed E-state index contributed by atoms with van der Waals surface area (Å²) in [6, 6.07) is 11.4. The van der Waals surface area contributed by atoms with Crippen molar-refractivity contribution in [2.75, 3.05) is 13.2 Å². The van der Waals surface area contributed by atoms with Gasteiger partial charge in [0.2, 0.25) is 5.89 Å². The Kier molecular flexibility index (Phi) is 8.11. The predicted molar refractivity (Wildman–Crippen MR) is 128 cm³/mol. The molecule has 3 aromatic rings. The summed E-state index contributed by atoms with van der Waals surface area (Å²) in [5.41, 5.74) is 3.27. The van der Waals surface area contributed by atoms with E-state index in [0.717, 1.165) is 41.7 Å². The number of aryl methyl sites for hydroxylation is 2. The molecule has 1 aliphatic heterocycles. The van der Waals surface area contributed by atoms with Gasteiger partial charge in [-0.1, -0.05) is 42.0 Å². The molecular weight excluding hydrogens is 471 g/mol. The predicted octanol–water partition coefficient (Wildman–Crippen LogP) is 5.42.